The Morgan fingerprint density at radius 1 is 1.56 bits per heavy atom. The van der Waals surface area contributed by atoms with Gasteiger partial charge in [0.25, 0.3) is 0 Å². The maximum absolute atomic E-state index is 5.07. The van der Waals surface area contributed by atoms with Gasteiger partial charge in [-0.1, -0.05) is 23.5 Å². The number of hydrogen-bond donors (Lipinski definition) is 2. The van der Waals surface area contributed by atoms with E-state index in [2.05, 4.69) is 15.5 Å². The van der Waals surface area contributed by atoms with Gasteiger partial charge >= 0.3 is 0 Å². The first-order valence-corrected chi connectivity index (χ1v) is 5.91. The second-order valence-corrected chi connectivity index (χ2v) is 4.84. The van der Waals surface area contributed by atoms with Crippen LogP contribution in [0.1, 0.15) is 5.56 Å². The summed E-state index contributed by atoms with van der Waals surface area (Å²) in [5.74, 6) is 0. The zero-order valence-corrected chi connectivity index (χ0v) is 10.3. The number of aromatic nitrogens is 2. The van der Waals surface area contributed by atoms with E-state index in [0.717, 1.165) is 16.4 Å². The summed E-state index contributed by atoms with van der Waals surface area (Å²) in [5.41, 5.74) is 2.10. The Morgan fingerprint density at radius 2 is 2.44 bits per heavy atom. The number of anilines is 2. The van der Waals surface area contributed by atoms with Crippen LogP contribution < -0.4 is 5.32 Å². The van der Waals surface area contributed by atoms with Crippen molar-refractivity contribution in [1.29, 1.82) is 0 Å². The van der Waals surface area contributed by atoms with Crippen molar-refractivity contribution in [2.24, 2.45) is 0 Å². The van der Waals surface area contributed by atoms with E-state index in [1.165, 1.54) is 11.3 Å². The minimum atomic E-state index is 0.603. The van der Waals surface area contributed by atoms with Gasteiger partial charge in [0, 0.05) is 12.8 Å². The van der Waals surface area contributed by atoms with Gasteiger partial charge in [0.1, 0.15) is 0 Å². The van der Waals surface area contributed by atoms with Gasteiger partial charge in [-0.25, -0.2) is 0 Å². The lowest BCUT2D eigenvalue weighted by Gasteiger charge is -2.04. The van der Waals surface area contributed by atoms with Gasteiger partial charge in [-0.05, 0) is 29.9 Å². The number of nitrogens with one attached hydrogen (secondary N) is 2. The van der Waals surface area contributed by atoms with Crippen molar-refractivity contribution in [3.8, 4) is 0 Å². The Bertz CT molecular complexity index is 521. The second-order valence-electron chi connectivity index (χ2n) is 3.18. The first kappa shape index (κ1) is 11.3. The Kier molecular flexibility index (Phi) is 3.66. The molecule has 0 fully saturated rings. The molecule has 84 valence electrons. The van der Waals surface area contributed by atoms with Crippen molar-refractivity contribution in [3.63, 3.8) is 0 Å². The highest BCUT2D eigenvalue weighted by molar-refractivity contribution is 7.73. The zero-order valence-electron chi connectivity index (χ0n) is 8.69. The van der Waals surface area contributed by atoms with Crippen LogP contribution in [0.5, 0.6) is 0 Å². The summed E-state index contributed by atoms with van der Waals surface area (Å²) < 4.78 is 5.74. The van der Waals surface area contributed by atoms with Crippen molar-refractivity contribution in [2.45, 2.75) is 6.61 Å². The van der Waals surface area contributed by atoms with Crippen LogP contribution in [0.25, 0.3) is 0 Å². The van der Waals surface area contributed by atoms with Crippen LogP contribution in [0.15, 0.2) is 24.3 Å². The smallest absolute Gasteiger partial charge is 0.208 e. The van der Waals surface area contributed by atoms with E-state index in [9.17, 15) is 0 Å². The van der Waals surface area contributed by atoms with Crippen LogP contribution in [0, 0.1) is 3.95 Å². The summed E-state index contributed by atoms with van der Waals surface area (Å²) in [4.78, 5) is 0. The van der Waals surface area contributed by atoms with Gasteiger partial charge in [0.2, 0.25) is 5.13 Å². The van der Waals surface area contributed by atoms with Crippen molar-refractivity contribution in [1.82, 2.24) is 10.2 Å². The normalized spacial score (nSPS) is 10.3. The first-order chi connectivity index (χ1) is 7.78. The Labute approximate surface area is 102 Å². The molecule has 0 amide bonds. The molecule has 0 saturated heterocycles. The monoisotopic (exact) mass is 253 g/mol. The van der Waals surface area contributed by atoms with E-state index in [0.29, 0.717) is 10.6 Å². The molecule has 0 spiro atoms. The molecule has 6 heteroatoms. The van der Waals surface area contributed by atoms with Crippen molar-refractivity contribution >= 4 is 34.4 Å². The summed E-state index contributed by atoms with van der Waals surface area (Å²) in [5, 5.41) is 10.7. The number of aromatic amines is 1. The standard InChI is InChI=1S/C10H11N3OS2/c1-14-6-7-3-2-4-8(5-7)11-9-12-13-10(15)16-9/h2-5H,6H2,1H3,(H,11,12)(H,13,15). The third kappa shape index (κ3) is 2.88. The summed E-state index contributed by atoms with van der Waals surface area (Å²) in [6, 6.07) is 7.99. The van der Waals surface area contributed by atoms with Crippen molar-refractivity contribution in [2.75, 3.05) is 12.4 Å². The fourth-order valence-corrected chi connectivity index (χ4v) is 2.12. The molecular weight excluding hydrogens is 242 g/mol. The molecule has 1 aromatic carbocycles. The summed E-state index contributed by atoms with van der Waals surface area (Å²) in [6.07, 6.45) is 0. The molecule has 2 rings (SSSR count). The van der Waals surface area contributed by atoms with Crippen LogP contribution in [0.2, 0.25) is 0 Å². The van der Waals surface area contributed by atoms with E-state index in [-0.39, 0.29) is 0 Å². The lowest BCUT2D eigenvalue weighted by molar-refractivity contribution is 0.185. The molecule has 0 radical (unpaired) electrons. The van der Waals surface area contributed by atoms with E-state index >= 15 is 0 Å². The molecule has 4 nitrogen and oxygen atoms in total. The molecule has 1 heterocycles. The number of hydrogen-bond acceptors (Lipinski definition) is 5. The minimum absolute atomic E-state index is 0.603. The molecule has 0 saturated carbocycles. The average Bonchev–Trinajstić information content (AvgIpc) is 2.65. The topological polar surface area (TPSA) is 49.9 Å². The molecule has 0 bridgehead atoms. The molecule has 0 unspecified atom stereocenters. The summed E-state index contributed by atoms with van der Waals surface area (Å²) in [6.45, 7) is 0.603. The summed E-state index contributed by atoms with van der Waals surface area (Å²) >= 11 is 6.36. The van der Waals surface area contributed by atoms with E-state index in [1.807, 2.05) is 24.3 Å². The molecule has 0 aliphatic carbocycles. The highest BCUT2D eigenvalue weighted by Crippen LogP contribution is 2.19. The van der Waals surface area contributed by atoms with Crippen molar-refractivity contribution in [3.05, 3.63) is 33.8 Å². The zero-order chi connectivity index (χ0) is 11.4. The minimum Gasteiger partial charge on any atom is -0.380 e. The van der Waals surface area contributed by atoms with Gasteiger partial charge in [-0.2, -0.15) is 0 Å². The number of ether oxygens (including phenoxy) is 1. The number of rotatable bonds is 4. The van der Waals surface area contributed by atoms with Gasteiger partial charge in [0.15, 0.2) is 3.95 Å². The third-order valence-corrected chi connectivity index (χ3v) is 2.93. The predicted octanol–water partition coefficient (Wildman–Crippen LogP) is 3.09. The molecule has 0 atom stereocenters. The SMILES string of the molecule is COCc1cccc(Nc2n[nH]c(=S)s2)c1. The number of benzene rings is 1. The number of methoxy groups -OCH3 is 1. The van der Waals surface area contributed by atoms with Crippen molar-refractivity contribution < 1.29 is 4.74 Å². The highest BCUT2D eigenvalue weighted by atomic mass is 32.1. The lowest BCUT2D eigenvalue weighted by atomic mass is 10.2. The fraction of sp³-hybridized carbons (Fsp3) is 0.200. The molecule has 16 heavy (non-hydrogen) atoms. The molecule has 2 N–H and O–H groups in total. The molecular formula is C10H11N3OS2. The average molecular weight is 253 g/mol. The largest absolute Gasteiger partial charge is 0.380 e. The van der Waals surface area contributed by atoms with Crippen LogP contribution >= 0.6 is 23.6 Å². The summed E-state index contributed by atoms with van der Waals surface area (Å²) in [7, 11) is 1.68. The van der Waals surface area contributed by atoms with Gasteiger partial charge in [0.05, 0.1) is 6.61 Å². The number of H-pyrrole nitrogens is 1. The maximum Gasteiger partial charge on any atom is 0.208 e. The lowest BCUT2D eigenvalue weighted by Crippen LogP contribution is -1.92. The number of nitrogens with zero attached hydrogens (tertiary/aromatic N) is 1. The van der Waals surface area contributed by atoms with Gasteiger partial charge in [-0.3, -0.25) is 5.10 Å². The predicted molar refractivity (Wildman–Crippen MR) is 67.7 cm³/mol. The first-order valence-electron chi connectivity index (χ1n) is 4.68. The van der Waals surface area contributed by atoms with E-state index < -0.39 is 0 Å². The van der Waals surface area contributed by atoms with E-state index in [1.54, 1.807) is 7.11 Å². The maximum atomic E-state index is 5.07. The molecule has 0 aliphatic rings. The van der Waals surface area contributed by atoms with Crippen LogP contribution in [-0.2, 0) is 11.3 Å². The van der Waals surface area contributed by atoms with Crippen LogP contribution in [0.3, 0.4) is 0 Å². The fourth-order valence-electron chi connectivity index (χ4n) is 1.31. The quantitative estimate of drug-likeness (QED) is 0.822. The van der Waals surface area contributed by atoms with Crippen LogP contribution in [-0.4, -0.2) is 17.3 Å². The van der Waals surface area contributed by atoms with E-state index in [4.69, 9.17) is 17.0 Å². The molecule has 0 aliphatic heterocycles. The molecule has 2 aromatic rings. The molecule has 1 aromatic heterocycles. The third-order valence-electron chi connectivity index (χ3n) is 1.93. The Balaban J connectivity index is 2.15. The highest BCUT2D eigenvalue weighted by Gasteiger charge is 1.99. The Hall–Kier alpha value is -1.24. The van der Waals surface area contributed by atoms with Gasteiger partial charge in [-0.15, -0.1) is 5.10 Å². The van der Waals surface area contributed by atoms with Gasteiger partial charge < -0.3 is 10.1 Å². The van der Waals surface area contributed by atoms with Crippen LogP contribution in [0.4, 0.5) is 10.8 Å². The Morgan fingerprint density at radius 3 is 3.12 bits per heavy atom. The second kappa shape index (κ2) is 5.20.